The van der Waals surface area contributed by atoms with Crippen molar-refractivity contribution in [3.63, 3.8) is 0 Å². The molecule has 2 N–H and O–H groups in total. The SMILES string of the molecule is CCCc1nc(C)n(-c2ccc3c(c2)C(O)CC(C)(C)O3)c(=O)c1Cc1ccc(-c2ccccc2-c2noc(=O)[nH]2)cc1.[NaH]. The first-order chi connectivity index (χ1) is 20.6. The number of nitrogens with one attached hydrogen (secondary N) is 1. The summed E-state index contributed by atoms with van der Waals surface area (Å²) in [6, 6.07) is 21.2. The average molecular weight is 603 g/mol. The maximum absolute atomic E-state index is 14.1. The first-order valence-corrected chi connectivity index (χ1v) is 14.5. The van der Waals surface area contributed by atoms with Gasteiger partial charge < -0.3 is 9.84 Å². The molecule has 222 valence electrons. The van der Waals surface area contributed by atoms with E-state index in [1.54, 1.807) is 4.57 Å². The van der Waals surface area contributed by atoms with Gasteiger partial charge in [0.15, 0.2) is 5.82 Å². The molecule has 44 heavy (non-hydrogen) atoms. The number of H-pyrrole nitrogens is 1. The van der Waals surface area contributed by atoms with Crippen LogP contribution in [0.15, 0.2) is 80.8 Å². The average Bonchev–Trinajstić information content (AvgIpc) is 3.41. The number of nitrogens with zero attached hydrogens (tertiary/aromatic N) is 3. The summed E-state index contributed by atoms with van der Waals surface area (Å²) in [6.45, 7) is 7.82. The second kappa shape index (κ2) is 12.7. The number of hydrogen-bond acceptors (Lipinski definition) is 7. The van der Waals surface area contributed by atoms with Gasteiger partial charge in [-0.15, -0.1) is 0 Å². The molecular weight excluding hydrogens is 567 g/mol. The van der Waals surface area contributed by atoms with Crippen LogP contribution in [0.25, 0.3) is 28.2 Å². The fraction of sp³-hybridized carbons (Fsp3) is 0.294. The van der Waals surface area contributed by atoms with E-state index in [9.17, 15) is 14.7 Å². The number of rotatable bonds is 7. The Morgan fingerprint density at radius 2 is 1.77 bits per heavy atom. The van der Waals surface area contributed by atoms with Crippen molar-refractivity contribution in [3.05, 3.63) is 116 Å². The number of fused-ring (bicyclic) bond motifs is 1. The molecule has 1 atom stereocenters. The minimum absolute atomic E-state index is 0. The first kappa shape index (κ1) is 31.7. The third-order valence-electron chi connectivity index (χ3n) is 7.87. The van der Waals surface area contributed by atoms with Crippen LogP contribution in [-0.4, -0.2) is 60.0 Å². The molecule has 1 unspecified atom stereocenters. The topological polar surface area (TPSA) is 123 Å². The molecule has 9 nitrogen and oxygen atoms in total. The first-order valence-electron chi connectivity index (χ1n) is 14.5. The second-order valence-electron chi connectivity index (χ2n) is 11.6. The molecule has 0 radical (unpaired) electrons. The Hall–Kier alpha value is -3.76. The molecule has 0 saturated heterocycles. The van der Waals surface area contributed by atoms with Crippen molar-refractivity contribution in [2.24, 2.45) is 0 Å². The number of benzene rings is 3. The molecule has 10 heteroatoms. The Labute approximate surface area is 277 Å². The summed E-state index contributed by atoms with van der Waals surface area (Å²) < 4.78 is 12.4. The quantitative estimate of drug-likeness (QED) is 0.250. The molecule has 2 aromatic heterocycles. The van der Waals surface area contributed by atoms with Crippen molar-refractivity contribution >= 4 is 29.6 Å². The van der Waals surface area contributed by atoms with E-state index in [0.29, 0.717) is 53.5 Å². The Morgan fingerprint density at radius 1 is 1.05 bits per heavy atom. The van der Waals surface area contributed by atoms with Crippen LogP contribution in [-0.2, 0) is 12.8 Å². The molecule has 0 amide bonds. The normalized spacial score (nSPS) is 15.2. The van der Waals surface area contributed by atoms with Crippen molar-refractivity contribution in [2.45, 2.75) is 65.1 Å². The van der Waals surface area contributed by atoms with Crippen molar-refractivity contribution in [1.82, 2.24) is 19.7 Å². The molecule has 0 saturated carbocycles. The summed E-state index contributed by atoms with van der Waals surface area (Å²) in [5.41, 5.74) is 5.74. The Balaban J connectivity index is 0.00000384. The van der Waals surface area contributed by atoms with Gasteiger partial charge in [0.2, 0.25) is 0 Å². The monoisotopic (exact) mass is 602 g/mol. The summed E-state index contributed by atoms with van der Waals surface area (Å²) in [6.07, 6.45) is 1.76. The molecule has 5 aromatic rings. The zero-order chi connectivity index (χ0) is 30.3. The van der Waals surface area contributed by atoms with Gasteiger partial charge >= 0.3 is 35.3 Å². The molecule has 6 rings (SSSR count). The third kappa shape index (κ3) is 6.23. The van der Waals surface area contributed by atoms with Crippen LogP contribution in [0.1, 0.15) is 67.9 Å². The molecule has 0 fully saturated rings. The van der Waals surface area contributed by atoms with Crippen LogP contribution in [0.3, 0.4) is 0 Å². The van der Waals surface area contributed by atoms with Gasteiger partial charge in [0.25, 0.3) is 5.56 Å². The van der Waals surface area contributed by atoms with Gasteiger partial charge in [-0.05, 0) is 62.1 Å². The van der Waals surface area contributed by atoms with Crippen LogP contribution < -0.4 is 16.1 Å². The predicted molar refractivity (Wildman–Crippen MR) is 171 cm³/mol. The van der Waals surface area contributed by atoms with Gasteiger partial charge in [-0.2, -0.15) is 0 Å². The third-order valence-corrected chi connectivity index (χ3v) is 7.87. The summed E-state index contributed by atoms with van der Waals surface area (Å²) in [5.74, 6) is 0.987. The number of aliphatic hydroxyl groups is 1. The van der Waals surface area contributed by atoms with E-state index < -0.39 is 17.5 Å². The fourth-order valence-corrected chi connectivity index (χ4v) is 5.88. The summed E-state index contributed by atoms with van der Waals surface area (Å²) in [5, 5.41) is 14.7. The van der Waals surface area contributed by atoms with E-state index in [1.807, 2.05) is 87.5 Å². The molecule has 0 spiro atoms. The van der Waals surface area contributed by atoms with Crippen LogP contribution in [0.5, 0.6) is 5.75 Å². The van der Waals surface area contributed by atoms with Gasteiger partial charge in [0.1, 0.15) is 17.2 Å². The summed E-state index contributed by atoms with van der Waals surface area (Å²) >= 11 is 0. The van der Waals surface area contributed by atoms with Crippen molar-refractivity contribution in [3.8, 4) is 34.0 Å². The van der Waals surface area contributed by atoms with Gasteiger partial charge in [-0.3, -0.25) is 18.9 Å². The van der Waals surface area contributed by atoms with Crippen molar-refractivity contribution in [1.29, 1.82) is 0 Å². The van der Waals surface area contributed by atoms with Gasteiger partial charge in [0, 0.05) is 29.5 Å². The van der Waals surface area contributed by atoms with E-state index in [-0.39, 0.29) is 35.1 Å². The molecule has 3 aromatic carbocycles. The second-order valence-corrected chi connectivity index (χ2v) is 11.6. The number of hydrogen-bond donors (Lipinski definition) is 2. The number of aromatic amines is 1. The van der Waals surface area contributed by atoms with Crippen LogP contribution in [0.2, 0.25) is 0 Å². The van der Waals surface area contributed by atoms with Crippen molar-refractivity contribution < 1.29 is 14.4 Å². The zero-order valence-corrected chi connectivity index (χ0v) is 24.7. The molecule has 1 aliphatic rings. The zero-order valence-electron chi connectivity index (χ0n) is 24.7. The van der Waals surface area contributed by atoms with E-state index in [0.717, 1.165) is 34.4 Å². The van der Waals surface area contributed by atoms with E-state index in [2.05, 4.69) is 17.1 Å². The molecule has 1 aliphatic heterocycles. The molecular formula is C34H35N4NaO5. The Bertz CT molecular complexity index is 1920. The number of aromatic nitrogens is 4. The van der Waals surface area contributed by atoms with Crippen molar-refractivity contribution in [2.75, 3.05) is 0 Å². The van der Waals surface area contributed by atoms with E-state index in [4.69, 9.17) is 14.2 Å². The van der Waals surface area contributed by atoms with E-state index in [1.165, 1.54) is 0 Å². The van der Waals surface area contributed by atoms with Crippen LogP contribution >= 0.6 is 0 Å². The number of aryl methyl sites for hydroxylation is 2. The Kier molecular flexibility index (Phi) is 9.13. The van der Waals surface area contributed by atoms with Gasteiger partial charge in [0.05, 0.1) is 17.5 Å². The minimum atomic E-state index is -0.685. The molecule has 0 aliphatic carbocycles. The van der Waals surface area contributed by atoms with E-state index >= 15 is 0 Å². The van der Waals surface area contributed by atoms with Crippen LogP contribution in [0.4, 0.5) is 0 Å². The fourth-order valence-electron chi connectivity index (χ4n) is 5.88. The van der Waals surface area contributed by atoms with Gasteiger partial charge in [-0.25, -0.2) is 9.78 Å². The van der Waals surface area contributed by atoms with Gasteiger partial charge in [-0.1, -0.05) is 67.0 Å². The molecule has 3 heterocycles. The molecule has 0 bridgehead atoms. The maximum atomic E-state index is 14.1. The predicted octanol–water partition coefficient (Wildman–Crippen LogP) is 5.04. The summed E-state index contributed by atoms with van der Waals surface area (Å²) in [7, 11) is 0. The van der Waals surface area contributed by atoms with Crippen LogP contribution in [0, 0.1) is 6.92 Å². The number of ether oxygens (including phenoxy) is 1. The number of aliphatic hydroxyl groups excluding tert-OH is 1. The Morgan fingerprint density at radius 3 is 2.45 bits per heavy atom. The standard InChI is InChI=1S/C34H34N4O5.Na.H/c1-5-8-28-26(17-21-11-13-22(14-12-21)24-9-6-7-10-25(24)31-36-33(41)43-37-31)32(40)38(20(2)35-28)23-15-16-30-27(18-23)29(39)19-34(3,4)42-30;;/h6-7,9-16,18,29,39H,5,8,17,19H2,1-4H3,(H,36,37,41);;. The summed E-state index contributed by atoms with van der Waals surface area (Å²) in [4.78, 5) is 33.2.